The molecule has 0 radical (unpaired) electrons. The number of hydrogen-bond donors (Lipinski definition) is 0. The number of rotatable bonds is 2. The molecule has 1 heterocycles. The fraction of sp³-hybridized carbons (Fsp3) is 0. The Hall–Kier alpha value is -4.36. The van der Waals surface area contributed by atoms with Crippen molar-refractivity contribution in [2.75, 3.05) is 0 Å². The van der Waals surface area contributed by atoms with Crippen molar-refractivity contribution in [2.24, 2.45) is 0 Å². The Labute approximate surface area is 191 Å². The van der Waals surface area contributed by atoms with Gasteiger partial charge in [0.2, 0.25) is 0 Å². The summed E-state index contributed by atoms with van der Waals surface area (Å²) in [5, 5.41) is 7.48. The van der Waals surface area contributed by atoms with Crippen LogP contribution in [0.3, 0.4) is 0 Å². The van der Waals surface area contributed by atoms with Crippen LogP contribution in [0.1, 0.15) is 0 Å². The van der Waals surface area contributed by atoms with Gasteiger partial charge in [-0.2, -0.15) is 0 Å². The van der Waals surface area contributed by atoms with Crippen LogP contribution < -0.4 is 0 Å². The standard InChI is InChI=1S/C32H20O/c1-2-9-24-23(8-1)20-29(27-11-4-3-10-26(24)27)22-18-16-21(17-19-22)25-13-7-15-31-32(25)28-12-5-6-14-30(28)33-31/h1-20H. The van der Waals surface area contributed by atoms with E-state index in [0.29, 0.717) is 0 Å². The zero-order chi connectivity index (χ0) is 21.8. The summed E-state index contributed by atoms with van der Waals surface area (Å²) in [6, 6.07) is 43.2. The summed E-state index contributed by atoms with van der Waals surface area (Å²) in [7, 11) is 0. The van der Waals surface area contributed by atoms with Gasteiger partial charge in [-0.15, -0.1) is 0 Å². The molecule has 0 spiro atoms. The van der Waals surface area contributed by atoms with Gasteiger partial charge in [-0.1, -0.05) is 103 Å². The molecule has 7 aromatic rings. The van der Waals surface area contributed by atoms with Crippen LogP contribution in [0.15, 0.2) is 126 Å². The second-order valence-electron chi connectivity index (χ2n) is 8.55. The Kier molecular flexibility index (Phi) is 3.91. The van der Waals surface area contributed by atoms with E-state index >= 15 is 0 Å². The highest BCUT2D eigenvalue weighted by Crippen LogP contribution is 2.39. The molecule has 0 aliphatic rings. The Balaban J connectivity index is 1.42. The first-order valence-corrected chi connectivity index (χ1v) is 11.3. The number of hydrogen-bond acceptors (Lipinski definition) is 1. The minimum atomic E-state index is 0.929. The highest BCUT2D eigenvalue weighted by atomic mass is 16.3. The van der Waals surface area contributed by atoms with Crippen molar-refractivity contribution in [3.63, 3.8) is 0 Å². The molecular weight excluding hydrogens is 400 g/mol. The Morgan fingerprint density at radius 2 is 1.00 bits per heavy atom. The van der Waals surface area contributed by atoms with E-state index < -0.39 is 0 Å². The lowest BCUT2D eigenvalue weighted by Gasteiger charge is -2.12. The van der Waals surface area contributed by atoms with Crippen molar-refractivity contribution >= 4 is 43.5 Å². The number of benzene rings is 6. The molecule has 7 rings (SSSR count). The van der Waals surface area contributed by atoms with Crippen molar-refractivity contribution in [3.05, 3.63) is 121 Å². The lowest BCUT2D eigenvalue weighted by Crippen LogP contribution is -1.85. The maximum Gasteiger partial charge on any atom is 0.136 e. The third-order valence-electron chi connectivity index (χ3n) is 6.68. The second-order valence-corrected chi connectivity index (χ2v) is 8.55. The average Bonchev–Trinajstić information content (AvgIpc) is 3.27. The number of para-hydroxylation sites is 1. The third-order valence-corrected chi connectivity index (χ3v) is 6.68. The van der Waals surface area contributed by atoms with E-state index in [1.54, 1.807) is 0 Å². The molecule has 33 heavy (non-hydrogen) atoms. The molecule has 0 fully saturated rings. The Bertz CT molecular complexity index is 1800. The topological polar surface area (TPSA) is 13.1 Å². The van der Waals surface area contributed by atoms with Crippen LogP contribution in [0, 0.1) is 0 Å². The summed E-state index contributed by atoms with van der Waals surface area (Å²) in [6.45, 7) is 0. The summed E-state index contributed by atoms with van der Waals surface area (Å²) in [5.74, 6) is 0. The summed E-state index contributed by atoms with van der Waals surface area (Å²) >= 11 is 0. The minimum absolute atomic E-state index is 0.929. The average molecular weight is 421 g/mol. The summed E-state index contributed by atoms with van der Waals surface area (Å²) < 4.78 is 6.10. The highest BCUT2D eigenvalue weighted by Gasteiger charge is 2.13. The SMILES string of the molecule is c1ccc2c(c1)cc(-c1ccc(-c3cccc4oc5ccccc5c34)cc1)c1ccccc12. The molecule has 0 atom stereocenters. The van der Waals surface area contributed by atoms with Crippen molar-refractivity contribution in [3.8, 4) is 22.3 Å². The molecule has 0 unspecified atom stereocenters. The van der Waals surface area contributed by atoms with Crippen LogP contribution >= 0.6 is 0 Å². The fourth-order valence-electron chi connectivity index (χ4n) is 5.14. The summed E-state index contributed by atoms with van der Waals surface area (Å²) in [6.07, 6.45) is 0. The molecule has 1 nitrogen and oxygen atoms in total. The Morgan fingerprint density at radius 1 is 0.394 bits per heavy atom. The van der Waals surface area contributed by atoms with E-state index in [2.05, 4.69) is 109 Å². The molecule has 0 aliphatic heterocycles. The van der Waals surface area contributed by atoms with E-state index in [9.17, 15) is 0 Å². The molecule has 0 aliphatic carbocycles. The van der Waals surface area contributed by atoms with Gasteiger partial charge < -0.3 is 4.42 Å². The molecule has 0 N–H and O–H groups in total. The van der Waals surface area contributed by atoms with Crippen molar-refractivity contribution in [1.29, 1.82) is 0 Å². The van der Waals surface area contributed by atoms with Gasteiger partial charge in [0.05, 0.1) is 0 Å². The van der Waals surface area contributed by atoms with E-state index in [4.69, 9.17) is 4.42 Å². The molecular formula is C32H20O. The summed E-state index contributed by atoms with van der Waals surface area (Å²) in [4.78, 5) is 0. The van der Waals surface area contributed by atoms with Crippen LogP contribution in [0.4, 0.5) is 0 Å². The maximum absolute atomic E-state index is 6.10. The molecule has 0 saturated heterocycles. The Morgan fingerprint density at radius 3 is 1.82 bits per heavy atom. The van der Waals surface area contributed by atoms with Crippen LogP contribution in [0.2, 0.25) is 0 Å². The monoisotopic (exact) mass is 420 g/mol. The quantitative estimate of drug-likeness (QED) is 0.254. The van der Waals surface area contributed by atoms with E-state index in [1.165, 1.54) is 49.2 Å². The van der Waals surface area contributed by atoms with E-state index in [1.807, 2.05) is 12.1 Å². The van der Waals surface area contributed by atoms with Crippen molar-refractivity contribution in [1.82, 2.24) is 0 Å². The van der Waals surface area contributed by atoms with Gasteiger partial charge in [0.15, 0.2) is 0 Å². The zero-order valence-electron chi connectivity index (χ0n) is 18.0. The molecule has 1 aromatic heterocycles. The van der Waals surface area contributed by atoms with Crippen LogP contribution in [0.25, 0.3) is 65.7 Å². The van der Waals surface area contributed by atoms with Gasteiger partial charge in [0.1, 0.15) is 11.2 Å². The molecule has 0 bridgehead atoms. The van der Waals surface area contributed by atoms with Crippen LogP contribution in [-0.2, 0) is 0 Å². The third kappa shape index (κ3) is 2.79. The lowest BCUT2D eigenvalue weighted by atomic mass is 9.92. The zero-order valence-corrected chi connectivity index (χ0v) is 18.0. The van der Waals surface area contributed by atoms with Gasteiger partial charge in [-0.3, -0.25) is 0 Å². The van der Waals surface area contributed by atoms with E-state index in [0.717, 1.165) is 16.6 Å². The molecule has 154 valence electrons. The van der Waals surface area contributed by atoms with Crippen LogP contribution in [0.5, 0.6) is 0 Å². The van der Waals surface area contributed by atoms with Crippen molar-refractivity contribution < 1.29 is 4.42 Å². The minimum Gasteiger partial charge on any atom is -0.456 e. The maximum atomic E-state index is 6.10. The van der Waals surface area contributed by atoms with Crippen LogP contribution in [-0.4, -0.2) is 0 Å². The van der Waals surface area contributed by atoms with Gasteiger partial charge in [-0.05, 0) is 62.0 Å². The van der Waals surface area contributed by atoms with Crippen molar-refractivity contribution in [2.45, 2.75) is 0 Å². The highest BCUT2D eigenvalue weighted by molar-refractivity contribution is 6.14. The first kappa shape index (κ1) is 18.2. The predicted molar refractivity (Wildman–Crippen MR) is 140 cm³/mol. The lowest BCUT2D eigenvalue weighted by molar-refractivity contribution is 0.669. The van der Waals surface area contributed by atoms with Gasteiger partial charge >= 0.3 is 0 Å². The second kappa shape index (κ2) is 7.08. The van der Waals surface area contributed by atoms with Gasteiger partial charge in [0, 0.05) is 10.8 Å². The van der Waals surface area contributed by atoms with Gasteiger partial charge in [-0.25, -0.2) is 0 Å². The van der Waals surface area contributed by atoms with E-state index in [-0.39, 0.29) is 0 Å². The first-order valence-electron chi connectivity index (χ1n) is 11.3. The normalized spacial score (nSPS) is 11.6. The summed E-state index contributed by atoms with van der Waals surface area (Å²) in [5.41, 5.74) is 6.75. The number of fused-ring (bicyclic) bond motifs is 6. The molecule has 0 amide bonds. The predicted octanol–water partition coefficient (Wildman–Crippen LogP) is 9.23. The fourth-order valence-corrected chi connectivity index (χ4v) is 5.14. The molecule has 6 aromatic carbocycles. The number of furan rings is 1. The largest absolute Gasteiger partial charge is 0.456 e. The smallest absolute Gasteiger partial charge is 0.136 e. The first-order chi connectivity index (χ1) is 16.4. The molecule has 1 heteroatoms. The molecule has 0 saturated carbocycles. The van der Waals surface area contributed by atoms with Gasteiger partial charge in [0.25, 0.3) is 0 Å².